The van der Waals surface area contributed by atoms with Crippen LogP contribution < -0.4 is 16.4 Å². The molecular formula is C22H28N6O5S. The first-order valence-corrected chi connectivity index (χ1v) is 12.0. The molecule has 3 N–H and O–H groups in total. The number of pyridine rings is 1. The molecule has 12 heteroatoms. The normalized spacial score (nSPS) is 11.7. The van der Waals surface area contributed by atoms with Gasteiger partial charge in [-0.1, -0.05) is 17.7 Å². The van der Waals surface area contributed by atoms with E-state index in [1.165, 1.54) is 19.2 Å². The SMILES string of the molecule is Cc1ccc(S(=O)(=O)N(C)CC(=O)NNC(=O)CCc2c(C)c3c(C)nn(C)c3[nH]c2=O)cc1. The van der Waals surface area contributed by atoms with Gasteiger partial charge in [-0.2, -0.15) is 9.40 Å². The van der Waals surface area contributed by atoms with Crippen LogP contribution in [0.15, 0.2) is 34.0 Å². The number of H-pyrrole nitrogens is 1. The van der Waals surface area contributed by atoms with Crippen LogP contribution in [-0.2, 0) is 33.1 Å². The molecule has 2 aromatic heterocycles. The zero-order chi connectivity index (χ0) is 25.2. The van der Waals surface area contributed by atoms with Crippen molar-refractivity contribution in [3.8, 4) is 0 Å². The van der Waals surface area contributed by atoms with E-state index in [2.05, 4.69) is 20.9 Å². The number of hydrogen-bond acceptors (Lipinski definition) is 6. The van der Waals surface area contributed by atoms with Crippen molar-refractivity contribution in [3.63, 3.8) is 0 Å². The van der Waals surface area contributed by atoms with Crippen molar-refractivity contribution in [2.45, 2.75) is 38.5 Å². The number of benzene rings is 1. The molecule has 0 fully saturated rings. The lowest BCUT2D eigenvalue weighted by Crippen LogP contribution is -2.46. The minimum atomic E-state index is -3.85. The van der Waals surface area contributed by atoms with Crippen LogP contribution in [0.3, 0.4) is 0 Å². The molecule has 0 unspecified atom stereocenters. The third-order valence-electron chi connectivity index (χ3n) is 5.59. The van der Waals surface area contributed by atoms with Crippen molar-refractivity contribution >= 4 is 32.9 Å². The van der Waals surface area contributed by atoms with Gasteiger partial charge in [-0.05, 0) is 44.9 Å². The van der Waals surface area contributed by atoms with Crippen LogP contribution >= 0.6 is 0 Å². The van der Waals surface area contributed by atoms with Gasteiger partial charge in [0, 0.05) is 31.5 Å². The predicted molar refractivity (Wildman–Crippen MR) is 126 cm³/mol. The number of sulfonamides is 1. The van der Waals surface area contributed by atoms with Crippen molar-refractivity contribution in [1.82, 2.24) is 29.9 Å². The van der Waals surface area contributed by atoms with E-state index in [0.29, 0.717) is 11.2 Å². The number of likely N-dealkylation sites (N-methyl/N-ethyl adjacent to an activating group) is 1. The van der Waals surface area contributed by atoms with Crippen molar-refractivity contribution in [2.24, 2.45) is 7.05 Å². The Balaban J connectivity index is 1.56. The molecule has 1 aromatic carbocycles. The molecule has 34 heavy (non-hydrogen) atoms. The van der Waals surface area contributed by atoms with Crippen molar-refractivity contribution in [1.29, 1.82) is 0 Å². The molecule has 0 bridgehead atoms. The number of carbonyl (C=O) groups excluding carboxylic acids is 2. The molecule has 11 nitrogen and oxygen atoms in total. The van der Waals surface area contributed by atoms with Crippen LogP contribution in [0.25, 0.3) is 11.0 Å². The summed E-state index contributed by atoms with van der Waals surface area (Å²) in [5.74, 6) is -1.22. The maximum atomic E-state index is 12.6. The van der Waals surface area contributed by atoms with Crippen molar-refractivity contribution < 1.29 is 18.0 Å². The third-order valence-corrected chi connectivity index (χ3v) is 7.41. The van der Waals surface area contributed by atoms with E-state index in [9.17, 15) is 22.8 Å². The largest absolute Gasteiger partial charge is 0.307 e. The summed E-state index contributed by atoms with van der Waals surface area (Å²) in [5.41, 5.74) is 7.69. The number of hydrazine groups is 1. The van der Waals surface area contributed by atoms with E-state index < -0.39 is 28.4 Å². The summed E-state index contributed by atoms with van der Waals surface area (Å²) in [6.45, 7) is 5.01. The molecule has 0 spiro atoms. The lowest BCUT2D eigenvalue weighted by molar-refractivity contribution is -0.128. The molecule has 0 aliphatic carbocycles. The van der Waals surface area contributed by atoms with E-state index in [1.807, 2.05) is 20.8 Å². The molecule has 0 saturated heterocycles. The van der Waals surface area contributed by atoms with E-state index in [1.54, 1.807) is 23.9 Å². The van der Waals surface area contributed by atoms with Gasteiger partial charge < -0.3 is 4.98 Å². The maximum Gasteiger partial charge on any atom is 0.253 e. The van der Waals surface area contributed by atoms with Crippen LogP contribution in [0.2, 0.25) is 0 Å². The van der Waals surface area contributed by atoms with Gasteiger partial charge in [-0.15, -0.1) is 0 Å². The van der Waals surface area contributed by atoms with Gasteiger partial charge in [0.15, 0.2) is 0 Å². The summed E-state index contributed by atoms with van der Waals surface area (Å²) in [6, 6.07) is 6.27. The van der Waals surface area contributed by atoms with E-state index in [0.717, 1.165) is 26.5 Å². The van der Waals surface area contributed by atoms with Crippen LogP contribution in [0, 0.1) is 20.8 Å². The van der Waals surface area contributed by atoms with E-state index in [-0.39, 0.29) is 23.3 Å². The number of aryl methyl sites for hydroxylation is 4. The predicted octanol–water partition coefficient (Wildman–Crippen LogP) is 0.588. The second-order valence-electron chi connectivity index (χ2n) is 8.16. The van der Waals surface area contributed by atoms with Crippen LogP contribution in [-0.4, -0.2) is 52.9 Å². The minimum absolute atomic E-state index is 0.0491. The number of hydrogen-bond donors (Lipinski definition) is 3. The van der Waals surface area contributed by atoms with Crippen LogP contribution in [0.5, 0.6) is 0 Å². The average molecular weight is 489 g/mol. The van der Waals surface area contributed by atoms with Gasteiger partial charge >= 0.3 is 0 Å². The molecule has 0 radical (unpaired) electrons. The maximum absolute atomic E-state index is 12.6. The lowest BCUT2D eigenvalue weighted by Gasteiger charge is -2.17. The number of aromatic amines is 1. The molecular weight excluding hydrogens is 460 g/mol. The highest BCUT2D eigenvalue weighted by atomic mass is 32.2. The van der Waals surface area contributed by atoms with E-state index in [4.69, 9.17) is 0 Å². The zero-order valence-electron chi connectivity index (χ0n) is 19.7. The van der Waals surface area contributed by atoms with Gasteiger partial charge in [0.05, 0.1) is 17.1 Å². The molecule has 0 saturated carbocycles. The first-order valence-electron chi connectivity index (χ1n) is 10.6. The number of rotatable bonds is 7. The summed E-state index contributed by atoms with van der Waals surface area (Å²) < 4.78 is 27.7. The second kappa shape index (κ2) is 9.77. The Morgan fingerprint density at radius 2 is 1.71 bits per heavy atom. The third kappa shape index (κ3) is 5.18. The Morgan fingerprint density at radius 1 is 1.09 bits per heavy atom. The average Bonchev–Trinajstić information content (AvgIpc) is 3.05. The Bertz CT molecular complexity index is 1410. The summed E-state index contributed by atoms with van der Waals surface area (Å²) in [5, 5.41) is 5.15. The minimum Gasteiger partial charge on any atom is -0.307 e. The topological polar surface area (TPSA) is 146 Å². The number of nitrogens with zero attached hydrogens (tertiary/aromatic N) is 3. The summed E-state index contributed by atoms with van der Waals surface area (Å²) >= 11 is 0. The molecule has 3 rings (SSSR count). The highest BCUT2D eigenvalue weighted by molar-refractivity contribution is 7.89. The van der Waals surface area contributed by atoms with Crippen molar-refractivity contribution in [3.05, 3.63) is 57.0 Å². The van der Waals surface area contributed by atoms with Crippen molar-refractivity contribution in [2.75, 3.05) is 13.6 Å². The number of nitrogens with one attached hydrogen (secondary N) is 3. The number of amides is 2. The smallest absolute Gasteiger partial charge is 0.253 e. The van der Waals surface area contributed by atoms with Crippen LogP contribution in [0.4, 0.5) is 0 Å². The molecule has 3 aromatic rings. The second-order valence-corrected chi connectivity index (χ2v) is 10.2. The quantitative estimate of drug-likeness (QED) is 0.415. The Labute approximate surface area is 197 Å². The zero-order valence-corrected chi connectivity index (χ0v) is 20.5. The fourth-order valence-electron chi connectivity index (χ4n) is 3.71. The molecule has 2 amide bonds. The van der Waals surface area contributed by atoms with Gasteiger partial charge in [0.1, 0.15) is 5.65 Å². The number of aromatic nitrogens is 3. The number of fused-ring (bicyclic) bond motifs is 1. The molecule has 182 valence electrons. The van der Waals surface area contributed by atoms with Gasteiger partial charge in [0.2, 0.25) is 15.9 Å². The highest BCUT2D eigenvalue weighted by Crippen LogP contribution is 2.21. The Morgan fingerprint density at radius 3 is 2.35 bits per heavy atom. The first-order chi connectivity index (χ1) is 15.9. The Hall–Kier alpha value is -3.51. The van der Waals surface area contributed by atoms with E-state index >= 15 is 0 Å². The lowest BCUT2D eigenvalue weighted by atomic mass is 10.0. The van der Waals surface area contributed by atoms with Gasteiger partial charge in [0.25, 0.3) is 11.5 Å². The van der Waals surface area contributed by atoms with Gasteiger partial charge in [-0.3, -0.25) is 29.9 Å². The summed E-state index contributed by atoms with van der Waals surface area (Å²) in [4.78, 5) is 39.7. The molecule has 2 heterocycles. The van der Waals surface area contributed by atoms with Crippen LogP contribution in [0.1, 0.15) is 28.8 Å². The fraction of sp³-hybridized carbons (Fsp3) is 0.364. The number of carbonyl (C=O) groups is 2. The molecule has 0 aliphatic heterocycles. The molecule has 0 atom stereocenters. The monoisotopic (exact) mass is 488 g/mol. The first kappa shape index (κ1) is 25.1. The summed E-state index contributed by atoms with van der Waals surface area (Å²) in [6.07, 6.45) is 0.112. The van der Waals surface area contributed by atoms with Gasteiger partial charge in [-0.25, -0.2) is 8.42 Å². The fourth-order valence-corrected chi connectivity index (χ4v) is 4.84. The molecule has 0 aliphatic rings. The standard InChI is InChI=1S/C22H28N6O5S/c1-13-6-8-16(9-7-13)34(32,33)27(4)12-19(30)25-24-18(29)11-10-17-14(2)20-15(3)26-28(5)21(20)23-22(17)31/h6-9H,10-12H2,1-5H3,(H,23,31)(H,24,29)(H,25,30). The summed E-state index contributed by atoms with van der Waals surface area (Å²) in [7, 11) is -0.830. The highest BCUT2D eigenvalue weighted by Gasteiger charge is 2.23. The Kier molecular flexibility index (Phi) is 7.22.